The van der Waals surface area contributed by atoms with Crippen LogP contribution < -0.4 is 10.1 Å². The van der Waals surface area contributed by atoms with Gasteiger partial charge in [0.1, 0.15) is 23.7 Å². The average Bonchev–Trinajstić information content (AvgIpc) is 3.27. The summed E-state index contributed by atoms with van der Waals surface area (Å²) in [6.45, 7) is 12.0. The monoisotopic (exact) mass is 520 g/mol. The lowest BCUT2D eigenvalue weighted by molar-refractivity contribution is -0.183. The quantitative estimate of drug-likeness (QED) is 0.248. The summed E-state index contributed by atoms with van der Waals surface area (Å²) in [6.07, 6.45) is 5.86. The summed E-state index contributed by atoms with van der Waals surface area (Å²) in [5, 5.41) is 4.46. The Kier molecular flexibility index (Phi) is 9.87. The molecule has 200 valence electrons. The van der Waals surface area contributed by atoms with Crippen molar-refractivity contribution in [3.05, 3.63) is 96.3 Å². The molecule has 0 spiro atoms. The molecule has 0 saturated heterocycles. The van der Waals surface area contributed by atoms with Crippen LogP contribution in [0.2, 0.25) is 0 Å². The molecule has 0 aliphatic rings. The van der Waals surface area contributed by atoms with Crippen molar-refractivity contribution in [2.75, 3.05) is 25.5 Å². The second-order valence-electron chi connectivity index (χ2n) is 8.83. The SMILES string of the molecule is C=C/C=C(\C=C)COc1ccc2oc(C(CC)Nc3ccc(C(=O)N(C)CCC(=O)OF)cc3)c(C)c2c1. The average molecular weight is 521 g/mol. The van der Waals surface area contributed by atoms with Crippen LogP contribution in [-0.2, 0) is 9.74 Å². The van der Waals surface area contributed by atoms with Crippen molar-refractivity contribution in [3.8, 4) is 5.75 Å². The zero-order valence-corrected chi connectivity index (χ0v) is 22.0. The van der Waals surface area contributed by atoms with Gasteiger partial charge in [-0.25, -0.2) is 4.79 Å². The zero-order valence-electron chi connectivity index (χ0n) is 22.0. The van der Waals surface area contributed by atoms with Gasteiger partial charge in [0.25, 0.3) is 5.91 Å². The summed E-state index contributed by atoms with van der Waals surface area (Å²) in [5.41, 5.74) is 4.01. The minimum Gasteiger partial charge on any atom is -0.489 e. The molecule has 1 atom stereocenters. The lowest BCUT2D eigenvalue weighted by atomic mass is 10.0. The fourth-order valence-corrected chi connectivity index (χ4v) is 4.02. The summed E-state index contributed by atoms with van der Waals surface area (Å²) in [7, 11) is 1.55. The molecule has 1 heterocycles. The summed E-state index contributed by atoms with van der Waals surface area (Å²) < 4.78 is 24.0. The number of furan rings is 1. The fourth-order valence-electron chi connectivity index (χ4n) is 4.02. The van der Waals surface area contributed by atoms with Crippen molar-refractivity contribution >= 4 is 28.5 Å². The summed E-state index contributed by atoms with van der Waals surface area (Å²) in [4.78, 5) is 28.1. The third-order valence-electron chi connectivity index (χ3n) is 6.23. The Balaban J connectivity index is 1.72. The third kappa shape index (κ3) is 6.91. The van der Waals surface area contributed by atoms with Crippen molar-refractivity contribution in [2.24, 2.45) is 0 Å². The molecule has 2 aromatic carbocycles. The first-order valence-corrected chi connectivity index (χ1v) is 12.3. The van der Waals surface area contributed by atoms with Crippen molar-refractivity contribution in [3.63, 3.8) is 0 Å². The van der Waals surface area contributed by atoms with Crippen LogP contribution in [0, 0.1) is 6.92 Å². The summed E-state index contributed by atoms with van der Waals surface area (Å²) in [6, 6.07) is 12.7. The number of carbonyl (C=O) groups excluding carboxylic acids is 2. The largest absolute Gasteiger partial charge is 0.489 e. The molecule has 0 bridgehead atoms. The molecule has 0 fully saturated rings. The number of carbonyl (C=O) groups is 2. The Labute approximate surface area is 222 Å². The van der Waals surface area contributed by atoms with Gasteiger partial charge in [0.2, 0.25) is 0 Å². The van der Waals surface area contributed by atoms with Gasteiger partial charge in [-0.05, 0) is 61.4 Å². The highest BCUT2D eigenvalue weighted by Crippen LogP contribution is 2.35. The molecule has 7 nitrogen and oxygen atoms in total. The van der Waals surface area contributed by atoms with E-state index in [0.29, 0.717) is 12.2 Å². The molecule has 8 heteroatoms. The summed E-state index contributed by atoms with van der Waals surface area (Å²) >= 11 is 0. The normalized spacial score (nSPS) is 12.1. The predicted molar refractivity (Wildman–Crippen MR) is 147 cm³/mol. The van der Waals surface area contributed by atoms with Gasteiger partial charge in [0.05, 0.1) is 12.5 Å². The van der Waals surface area contributed by atoms with Gasteiger partial charge in [0, 0.05) is 40.3 Å². The van der Waals surface area contributed by atoms with Gasteiger partial charge in [-0.15, -0.1) is 0 Å². The van der Waals surface area contributed by atoms with Crippen LogP contribution in [0.15, 0.2) is 83.8 Å². The molecule has 3 aromatic rings. The predicted octanol–water partition coefficient (Wildman–Crippen LogP) is 6.87. The number of allylic oxidation sites excluding steroid dienone is 2. The molecule has 0 aliphatic heterocycles. The van der Waals surface area contributed by atoms with Crippen LogP contribution in [0.3, 0.4) is 0 Å². The highest BCUT2D eigenvalue weighted by molar-refractivity contribution is 5.94. The number of amides is 1. The van der Waals surface area contributed by atoms with E-state index in [-0.39, 0.29) is 24.9 Å². The number of ether oxygens (including phenoxy) is 1. The van der Waals surface area contributed by atoms with Crippen molar-refractivity contribution in [1.29, 1.82) is 0 Å². The first-order valence-electron chi connectivity index (χ1n) is 12.3. The third-order valence-corrected chi connectivity index (χ3v) is 6.23. The van der Waals surface area contributed by atoms with Gasteiger partial charge >= 0.3 is 5.97 Å². The van der Waals surface area contributed by atoms with E-state index >= 15 is 0 Å². The molecule has 3 rings (SSSR count). The van der Waals surface area contributed by atoms with Gasteiger partial charge in [-0.3, -0.25) is 9.74 Å². The molecule has 1 aromatic heterocycles. The highest BCUT2D eigenvalue weighted by atomic mass is 19.3. The van der Waals surface area contributed by atoms with Gasteiger partial charge in [0.15, 0.2) is 0 Å². The molecule has 1 amide bonds. The van der Waals surface area contributed by atoms with Crippen LogP contribution in [0.1, 0.15) is 47.5 Å². The second-order valence-corrected chi connectivity index (χ2v) is 8.83. The van der Waals surface area contributed by atoms with Crippen molar-refractivity contribution < 1.29 is 28.2 Å². The molecule has 38 heavy (non-hydrogen) atoms. The Morgan fingerprint density at radius 1 is 1.18 bits per heavy atom. The molecule has 0 aliphatic carbocycles. The maximum absolute atomic E-state index is 12.6. The van der Waals surface area contributed by atoms with E-state index in [2.05, 4.69) is 30.3 Å². The van der Waals surface area contributed by atoms with Crippen molar-refractivity contribution in [1.82, 2.24) is 4.90 Å². The van der Waals surface area contributed by atoms with Crippen LogP contribution >= 0.6 is 0 Å². The number of nitrogens with one attached hydrogen (secondary N) is 1. The Morgan fingerprint density at radius 3 is 2.55 bits per heavy atom. The molecule has 1 N–H and O–H groups in total. The second kappa shape index (κ2) is 13.3. The van der Waals surface area contributed by atoms with Crippen LogP contribution in [0.25, 0.3) is 11.0 Å². The van der Waals surface area contributed by atoms with E-state index < -0.39 is 5.97 Å². The molecular weight excluding hydrogens is 487 g/mol. The van der Waals surface area contributed by atoms with E-state index in [9.17, 15) is 14.1 Å². The molecule has 1 unspecified atom stereocenters. The topological polar surface area (TPSA) is 81.0 Å². The number of anilines is 1. The number of rotatable bonds is 13. The van der Waals surface area contributed by atoms with Crippen LogP contribution in [-0.4, -0.2) is 37.0 Å². The maximum Gasteiger partial charge on any atom is 0.350 e. The van der Waals surface area contributed by atoms with E-state index in [0.717, 1.165) is 45.7 Å². The zero-order chi connectivity index (χ0) is 27.7. The standard InChI is InChI=1S/C30H33FN2O5/c1-6-9-21(7-2)19-36-24-14-15-27-25(18-24)20(4)29(37-27)26(8-3)32-23-12-10-22(11-13-23)30(35)33(5)17-16-28(34)38-31/h6-7,9-15,18,26,32H,1-2,8,16-17,19H2,3-5H3/b21-9+. The lowest BCUT2D eigenvalue weighted by Gasteiger charge is -2.19. The number of benzene rings is 2. The Hall–Kier alpha value is -4.33. The smallest absolute Gasteiger partial charge is 0.350 e. The number of nitrogens with zero attached hydrogens (tertiary/aromatic N) is 1. The lowest BCUT2D eigenvalue weighted by Crippen LogP contribution is -2.29. The Bertz CT molecular complexity index is 1330. The first kappa shape index (κ1) is 28.2. The minimum absolute atomic E-state index is 0.0541. The van der Waals surface area contributed by atoms with Gasteiger partial charge in [-0.2, -0.15) is 0 Å². The van der Waals surface area contributed by atoms with Crippen LogP contribution in [0.4, 0.5) is 10.2 Å². The number of halogens is 1. The highest BCUT2D eigenvalue weighted by Gasteiger charge is 2.20. The van der Waals surface area contributed by atoms with Gasteiger partial charge < -0.3 is 19.4 Å². The fraction of sp³-hybridized carbons (Fsp3) is 0.267. The Morgan fingerprint density at radius 2 is 1.92 bits per heavy atom. The first-order chi connectivity index (χ1) is 18.3. The van der Waals surface area contributed by atoms with E-state index in [1.165, 1.54) is 4.90 Å². The maximum atomic E-state index is 12.6. The number of aryl methyl sites for hydroxylation is 1. The molecule has 0 saturated carbocycles. The minimum atomic E-state index is -1.01. The van der Waals surface area contributed by atoms with Crippen LogP contribution in [0.5, 0.6) is 5.75 Å². The van der Waals surface area contributed by atoms with E-state index in [4.69, 9.17) is 9.15 Å². The molecular formula is C30H33FN2O5. The molecule has 0 radical (unpaired) electrons. The van der Waals surface area contributed by atoms with E-state index in [1.54, 1.807) is 31.3 Å². The number of hydrogen-bond donors (Lipinski definition) is 1. The number of hydrogen-bond acceptors (Lipinski definition) is 6. The number of fused-ring (bicyclic) bond motifs is 1. The van der Waals surface area contributed by atoms with E-state index in [1.807, 2.05) is 43.3 Å². The summed E-state index contributed by atoms with van der Waals surface area (Å²) in [5.74, 6) is 0.277. The van der Waals surface area contributed by atoms with Gasteiger partial charge in [-0.1, -0.05) is 38.3 Å². The van der Waals surface area contributed by atoms with Crippen molar-refractivity contribution in [2.45, 2.75) is 32.7 Å².